The molecule has 0 saturated heterocycles. The summed E-state index contributed by atoms with van der Waals surface area (Å²) in [5.74, 6) is 4.33. The summed E-state index contributed by atoms with van der Waals surface area (Å²) >= 11 is 5.62. The molecule has 0 radical (unpaired) electrons. The number of nitrogens with two attached hydrogens (primary N) is 1. The Kier molecular flexibility index (Phi) is 3.42. The second-order valence-corrected chi connectivity index (χ2v) is 3.78. The summed E-state index contributed by atoms with van der Waals surface area (Å²) in [6.45, 7) is 0. The van der Waals surface area contributed by atoms with Crippen LogP contribution in [0.25, 0.3) is 0 Å². The fourth-order valence-electron chi connectivity index (χ4n) is 1.54. The van der Waals surface area contributed by atoms with Crippen LogP contribution in [0.2, 0.25) is 5.22 Å². The van der Waals surface area contributed by atoms with Gasteiger partial charge in [-0.2, -0.15) is 0 Å². The Morgan fingerprint density at radius 2 is 2.00 bits per heavy atom. The van der Waals surface area contributed by atoms with Gasteiger partial charge in [-0.3, -0.25) is 5.84 Å². The molecule has 0 aliphatic rings. The Labute approximate surface area is 101 Å². The van der Waals surface area contributed by atoms with E-state index in [0.717, 1.165) is 12.1 Å². The van der Waals surface area contributed by atoms with Crippen LogP contribution in [0.4, 0.5) is 8.78 Å². The van der Waals surface area contributed by atoms with Crippen molar-refractivity contribution in [1.29, 1.82) is 0 Å². The van der Waals surface area contributed by atoms with Gasteiger partial charge in [0.05, 0.1) is 0 Å². The molecule has 2 aromatic rings. The predicted octanol–water partition coefficient (Wildman–Crippen LogP) is 2.76. The largest absolute Gasteiger partial charge is 0.448 e. The Morgan fingerprint density at radius 1 is 1.24 bits per heavy atom. The first-order valence-corrected chi connectivity index (χ1v) is 5.16. The van der Waals surface area contributed by atoms with Gasteiger partial charge in [0.25, 0.3) is 0 Å². The van der Waals surface area contributed by atoms with Crippen molar-refractivity contribution in [3.63, 3.8) is 0 Å². The molecule has 3 N–H and O–H groups in total. The van der Waals surface area contributed by atoms with Gasteiger partial charge < -0.3 is 4.42 Å². The summed E-state index contributed by atoms with van der Waals surface area (Å²) in [4.78, 5) is 0. The Hall–Kier alpha value is -1.43. The highest BCUT2D eigenvalue weighted by molar-refractivity contribution is 6.28. The molecule has 1 atom stereocenters. The first kappa shape index (κ1) is 12.0. The van der Waals surface area contributed by atoms with Crippen molar-refractivity contribution in [3.8, 4) is 0 Å². The maximum absolute atomic E-state index is 13.6. The van der Waals surface area contributed by atoms with Crippen molar-refractivity contribution in [3.05, 3.63) is 58.5 Å². The van der Waals surface area contributed by atoms with E-state index in [1.54, 1.807) is 6.07 Å². The standard InChI is InChI=1S/C11H9ClF2N2O/c12-10-4-3-9(17-10)11(16-15)7-2-1-6(13)5-8(7)14/h1-5,11,16H,15H2. The van der Waals surface area contributed by atoms with Crippen LogP contribution < -0.4 is 11.3 Å². The van der Waals surface area contributed by atoms with Crippen LogP contribution in [0.3, 0.4) is 0 Å². The number of hydrogen-bond donors (Lipinski definition) is 2. The van der Waals surface area contributed by atoms with Crippen molar-refractivity contribution in [2.45, 2.75) is 6.04 Å². The molecule has 90 valence electrons. The zero-order valence-corrected chi connectivity index (χ0v) is 9.34. The molecule has 0 aliphatic heterocycles. The second-order valence-electron chi connectivity index (χ2n) is 3.41. The number of rotatable bonds is 3. The lowest BCUT2D eigenvalue weighted by atomic mass is 10.0. The summed E-state index contributed by atoms with van der Waals surface area (Å²) in [7, 11) is 0. The number of hydrazine groups is 1. The lowest BCUT2D eigenvalue weighted by molar-refractivity contribution is 0.441. The van der Waals surface area contributed by atoms with Crippen LogP contribution in [0.5, 0.6) is 0 Å². The van der Waals surface area contributed by atoms with E-state index >= 15 is 0 Å². The Bertz CT molecular complexity index is 530. The van der Waals surface area contributed by atoms with Crippen LogP contribution in [-0.2, 0) is 0 Å². The number of halogens is 3. The number of nitrogens with one attached hydrogen (secondary N) is 1. The van der Waals surface area contributed by atoms with Crippen molar-refractivity contribution < 1.29 is 13.2 Å². The van der Waals surface area contributed by atoms with Gasteiger partial charge in [0.2, 0.25) is 0 Å². The average molecular weight is 259 g/mol. The van der Waals surface area contributed by atoms with Crippen LogP contribution in [0.15, 0.2) is 34.7 Å². The first-order chi connectivity index (χ1) is 8.11. The Morgan fingerprint density at radius 3 is 2.53 bits per heavy atom. The van der Waals surface area contributed by atoms with Gasteiger partial charge in [0.1, 0.15) is 23.4 Å². The van der Waals surface area contributed by atoms with E-state index in [1.807, 2.05) is 0 Å². The molecule has 0 saturated carbocycles. The molecule has 17 heavy (non-hydrogen) atoms. The fourth-order valence-corrected chi connectivity index (χ4v) is 1.70. The van der Waals surface area contributed by atoms with Gasteiger partial charge in [0, 0.05) is 11.6 Å². The maximum atomic E-state index is 13.6. The molecule has 1 heterocycles. The van der Waals surface area contributed by atoms with Crippen molar-refractivity contribution in [1.82, 2.24) is 5.43 Å². The minimum Gasteiger partial charge on any atom is -0.448 e. The summed E-state index contributed by atoms with van der Waals surface area (Å²) in [5, 5.41) is 0.169. The quantitative estimate of drug-likeness (QED) is 0.657. The predicted molar refractivity (Wildman–Crippen MR) is 59.2 cm³/mol. The maximum Gasteiger partial charge on any atom is 0.193 e. The SMILES string of the molecule is NNC(c1ccc(Cl)o1)c1ccc(F)cc1F. The van der Waals surface area contributed by atoms with Gasteiger partial charge in [-0.1, -0.05) is 6.07 Å². The normalized spacial score (nSPS) is 12.7. The lowest BCUT2D eigenvalue weighted by Gasteiger charge is -2.14. The molecular formula is C11H9ClF2N2O. The van der Waals surface area contributed by atoms with Gasteiger partial charge >= 0.3 is 0 Å². The van der Waals surface area contributed by atoms with E-state index in [1.165, 1.54) is 12.1 Å². The first-order valence-electron chi connectivity index (χ1n) is 4.78. The molecule has 1 aromatic heterocycles. The van der Waals surface area contributed by atoms with E-state index in [9.17, 15) is 8.78 Å². The third-order valence-corrected chi connectivity index (χ3v) is 2.52. The van der Waals surface area contributed by atoms with E-state index in [4.69, 9.17) is 21.9 Å². The molecule has 2 rings (SSSR count). The van der Waals surface area contributed by atoms with E-state index < -0.39 is 17.7 Å². The molecule has 0 aliphatic carbocycles. The van der Waals surface area contributed by atoms with Gasteiger partial charge in [-0.25, -0.2) is 14.2 Å². The third kappa shape index (κ3) is 2.46. The highest BCUT2D eigenvalue weighted by atomic mass is 35.5. The number of benzene rings is 1. The van der Waals surface area contributed by atoms with Crippen molar-refractivity contribution in [2.24, 2.45) is 5.84 Å². The van der Waals surface area contributed by atoms with E-state index in [-0.39, 0.29) is 10.8 Å². The third-order valence-electron chi connectivity index (χ3n) is 2.32. The Balaban J connectivity index is 2.42. The van der Waals surface area contributed by atoms with Crippen LogP contribution in [0, 0.1) is 11.6 Å². The van der Waals surface area contributed by atoms with E-state index in [0.29, 0.717) is 5.76 Å². The summed E-state index contributed by atoms with van der Waals surface area (Å²) < 4.78 is 31.5. The monoisotopic (exact) mass is 258 g/mol. The van der Waals surface area contributed by atoms with Crippen molar-refractivity contribution >= 4 is 11.6 Å². The molecule has 0 bridgehead atoms. The molecule has 3 nitrogen and oxygen atoms in total. The molecule has 0 fully saturated rings. The minimum absolute atomic E-state index is 0.169. The zero-order valence-electron chi connectivity index (χ0n) is 8.58. The average Bonchev–Trinajstić information content (AvgIpc) is 2.69. The van der Waals surface area contributed by atoms with Gasteiger partial charge in [-0.05, 0) is 29.8 Å². The topological polar surface area (TPSA) is 51.2 Å². The highest BCUT2D eigenvalue weighted by Crippen LogP contribution is 2.27. The summed E-state index contributed by atoms with van der Waals surface area (Å²) in [6.07, 6.45) is 0. The van der Waals surface area contributed by atoms with Crippen LogP contribution in [-0.4, -0.2) is 0 Å². The zero-order chi connectivity index (χ0) is 12.4. The number of furan rings is 1. The second kappa shape index (κ2) is 4.83. The molecule has 1 unspecified atom stereocenters. The lowest BCUT2D eigenvalue weighted by Crippen LogP contribution is -2.29. The summed E-state index contributed by atoms with van der Waals surface area (Å²) in [6, 6.07) is 5.59. The molecule has 0 amide bonds. The fraction of sp³-hybridized carbons (Fsp3) is 0.0909. The molecule has 0 spiro atoms. The summed E-state index contributed by atoms with van der Waals surface area (Å²) in [5.41, 5.74) is 2.57. The van der Waals surface area contributed by atoms with Crippen LogP contribution >= 0.6 is 11.6 Å². The van der Waals surface area contributed by atoms with E-state index in [2.05, 4.69) is 5.43 Å². The molecule has 1 aromatic carbocycles. The number of hydrogen-bond acceptors (Lipinski definition) is 3. The van der Waals surface area contributed by atoms with Crippen molar-refractivity contribution in [2.75, 3.05) is 0 Å². The van der Waals surface area contributed by atoms with Gasteiger partial charge in [-0.15, -0.1) is 0 Å². The van der Waals surface area contributed by atoms with Crippen LogP contribution in [0.1, 0.15) is 17.4 Å². The minimum atomic E-state index is -0.719. The highest BCUT2D eigenvalue weighted by Gasteiger charge is 2.20. The smallest absolute Gasteiger partial charge is 0.193 e. The van der Waals surface area contributed by atoms with Gasteiger partial charge in [0.15, 0.2) is 5.22 Å². The molecular weight excluding hydrogens is 250 g/mol. The molecule has 6 heteroatoms.